The minimum atomic E-state index is 0. The van der Waals surface area contributed by atoms with Crippen molar-refractivity contribution in [2.45, 2.75) is 19.3 Å². The van der Waals surface area contributed by atoms with Gasteiger partial charge in [-0.1, -0.05) is 54.6 Å². The van der Waals surface area contributed by atoms with Gasteiger partial charge in [0.2, 0.25) is 0 Å². The van der Waals surface area contributed by atoms with Gasteiger partial charge in [0, 0.05) is 14.9 Å². The van der Waals surface area contributed by atoms with Crippen LogP contribution in [-0.2, 0) is 0 Å². The van der Waals surface area contributed by atoms with E-state index in [1.54, 1.807) is 0 Å². The molecule has 0 unspecified atom stereocenters. The molecule has 3 rings (SSSR count). The van der Waals surface area contributed by atoms with Gasteiger partial charge in [0.25, 0.3) is 0 Å². The summed E-state index contributed by atoms with van der Waals surface area (Å²) in [4.78, 5) is 0.903. The second-order valence-electron chi connectivity index (χ2n) is 4.23. The summed E-state index contributed by atoms with van der Waals surface area (Å²) in [5.41, 5.74) is 1.26. The van der Waals surface area contributed by atoms with Crippen molar-refractivity contribution in [3.8, 4) is 0 Å². The fourth-order valence-corrected chi connectivity index (χ4v) is 2.55. The third-order valence-electron chi connectivity index (χ3n) is 2.96. The molecule has 1 aromatic carbocycles. The van der Waals surface area contributed by atoms with Gasteiger partial charge < -0.3 is 5.41 Å². The second-order valence-corrected chi connectivity index (χ2v) is 6.02. The van der Waals surface area contributed by atoms with Gasteiger partial charge in [-0.2, -0.15) is 23.8 Å². The van der Waals surface area contributed by atoms with Gasteiger partial charge in [0.1, 0.15) is 0 Å². The molecule has 100 valence electrons. The van der Waals surface area contributed by atoms with Crippen molar-refractivity contribution in [1.82, 2.24) is 0 Å². The maximum absolute atomic E-state index is 8.31. The SMILES string of the molecule is Clc1ccc([C-]2CCC2)cc1Cl.[Mg+2].[N-]=Cc1cccs1. The van der Waals surface area contributed by atoms with Crippen molar-refractivity contribution >= 4 is 63.8 Å². The third kappa shape index (κ3) is 4.97. The van der Waals surface area contributed by atoms with Crippen molar-refractivity contribution in [3.63, 3.8) is 0 Å². The summed E-state index contributed by atoms with van der Waals surface area (Å²) in [6.45, 7) is 0. The van der Waals surface area contributed by atoms with E-state index in [0.29, 0.717) is 10.0 Å². The van der Waals surface area contributed by atoms with Crippen LogP contribution in [0.15, 0.2) is 35.7 Å². The van der Waals surface area contributed by atoms with E-state index in [2.05, 4.69) is 0 Å². The number of thiophene rings is 1. The Bertz CT molecular complexity index is 539. The van der Waals surface area contributed by atoms with Crippen molar-refractivity contribution in [1.29, 1.82) is 0 Å². The Kier molecular flexibility index (Phi) is 7.99. The molecule has 1 saturated carbocycles. The summed E-state index contributed by atoms with van der Waals surface area (Å²) in [7, 11) is 0. The quantitative estimate of drug-likeness (QED) is 0.395. The van der Waals surface area contributed by atoms with Crippen LogP contribution in [0.3, 0.4) is 0 Å². The smallest absolute Gasteiger partial charge is 0.809 e. The van der Waals surface area contributed by atoms with Crippen LogP contribution in [0.25, 0.3) is 5.41 Å². The first kappa shape index (κ1) is 17.9. The zero-order chi connectivity index (χ0) is 13.7. The molecule has 0 N–H and O–H groups in total. The van der Waals surface area contributed by atoms with Crippen molar-refractivity contribution in [3.05, 3.63) is 67.5 Å². The molecule has 1 aliphatic carbocycles. The summed E-state index contributed by atoms with van der Waals surface area (Å²) in [6.07, 6.45) is 4.86. The number of hydrogen-bond donors (Lipinski definition) is 0. The van der Waals surface area contributed by atoms with Crippen LogP contribution in [0.5, 0.6) is 0 Å². The Morgan fingerprint density at radius 3 is 2.30 bits per heavy atom. The van der Waals surface area contributed by atoms with Crippen molar-refractivity contribution in [2.24, 2.45) is 0 Å². The summed E-state index contributed by atoms with van der Waals surface area (Å²) < 4.78 is 0. The van der Waals surface area contributed by atoms with Crippen LogP contribution in [0, 0.1) is 5.92 Å². The minimum Gasteiger partial charge on any atom is -0.809 e. The van der Waals surface area contributed by atoms with Crippen LogP contribution in [0.1, 0.15) is 29.7 Å². The van der Waals surface area contributed by atoms with Gasteiger partial charge in [-0.05, 0) is 11.4 Å². The molecule has 0 saturated heterocycles. The van der Waals surface area contributed by atoms with Crippen LogP contribution in [0.2, 0.25) is 10.0 Å². The number of rotatable bonds is 2. The van der Waals surface area contributed by atoms with Gasteiger partial charge in [-0.25, -0.2) is 0 Å². The summed E-state index contributed by atoms with van der Waals surface area (Å²) >= 11 is 13.2. The zero-order valence-electron chi connectivity index (χ0n) is 11.0. The predicted molar refractivity (Wildman–Crippen MR) is 91.3 cm³/mol. The van der Waals surface area contributed by atoms with E-state index in [0.717, 1.165) is 11.1 Å². The fourth-order valence-electron chi connectivity index (χ4n) is 1.72. The van der Waals surface area contributed by atoms with Gasteiger partial charge in [0.05, 0.1) is 0 Å². The number of nitrogens with zero attached hydrogens (tertiary/aromatic N) is 1. The van der Waals surface area contributed by atoms with E-state index in [1.807, 2.05) is 35.7 Å². The molecule has 5 heteroatoms. The monoisotopic (exact) mass is 333 g/mol. The molecule has 0 amide bonds. The van der Waals surface area contributed by atoms with Gasteiger partial charge in [-0.3, -0.25) is 0 Å². The average molecular weight is 335 g/mol. The molecule has 0 spiro atoms. The molecule has 0 atom stereocenters. The summed E-state index contributed by atoms with van der Waals surface area (Å²) in [6, 6.07) is 9.61. The molecule has 1 aliphatic rings. The molecule has 1 heterocycles. The number of benzene rings is 1. The molecule has 0 radical (unpaired) electrons. The summed E-state index contributed by atoms with van der Waals surface area (Å²) in [5.74, 6) is 1.51. The molecule has 1 nitrogen and oxygen atoms in total. The largest absolute Gasteiger partial charge is 2.00 e. The van der Waals surface area contributed by atoms with E-state index in [4.69, 9.17) is 28.6 Å². The Balaban J connectivity index is 0.000000216. The predicted octanol–water partition coefficient (Wildman–Crippen LogP) is 5.46. The first-order valence-electron chi connectivity index (χ1n) is 6.02. The van der Waals surface area contributed by atoms with Crippen molar-refractivity contribution in [2.75, 3.05) is 0 Å². The Labute approximate surface area is 150 Å². The first-order chi connectivity index (χ1) is 9.20. The zero-order valence-corrected chi connectivity index (χ0v) is 14.7. The number of hydrogen-bond acceptors (Lipinski definition) is 1. The van der Waals surface area contributed by atoms with E-state index >= 15 is 0 Å². The molecular formula is C15H13Cl2MgNS. The molecule has 1 fully saturated rings. The molecular weight excluding hydrogens is 321 g/mol. The van der Waals surface area contributed by atoms with Gasteiger partial charge >= 0.3 is 23.1 Å². The van der Waals surface area contributed by atoms with E-state index in [1.165, 1.54) is 42.1 Å². The molecule has 0 bridgehead atoms. The number of halogens is 2. The Morgan fingerprint density at radius 2 is 1.90 bits per heavy atom. The first-order valence-corrected chi connectivity index (χ1v) is 7.65. The van der Waals surface area contributed by atoms with E-state index in [9.17, 15) is 0 Å². The normalized spacial score (nSPS) is 12.6. The van der Waals surface area contributed by atoms with Crippen LogP contribution in [-0.4, -0.2) is 29.3 Å². The van der Waals surface area contributed by atoms with E-state index in [-0.39, 0.29) is 23.1 Å². The van der Waals surface area contributed by atoms with Crippen LogP contribution in [0.4, 0.5) is 0 Å². The molecule has 0 aliphatic heterocycles. The maximum Gasteiger partial charge on any atom is 2.00 e. The van der Waals surface area contributed by atoms with Gasteiger partial charge in [0.15, 0.2) is 0 Å². The average Bonchev–Trinajstić information content (AvgIpc) is 2.85. The molecule has 20 heavy (non-hydrogen) atoms. The summed E-state index contributed by atoms with van der Waals surface area (Å²) in [5, 5.41) is 11.5. The standard InChI is InChI=1S/C10H9Cl2.C5H4NS.Mg/c11-9-5-4-8(6-10(9)12)7-2-1-3-7;6-4-5-2-1-3-7-5;/h4-6H,1-3H2;1-4H;/q2*-1;+2. The Hall–Kier alpha value is -0.194. The van der Waals surface area contributed by atoms with Crippen molar-refractivity contribution < 1.29 is 0 Å². The topological polar surface area (TPSA) is 22.3 Å². The minimum absolute atomic E-state index is 0. The van der Waals surface area contributed by atoms with Gasteiger partial charge in [-0.15, -0.1) is 17.4 Å². The van der Waals surface area contributed by atoms with Crippen LogP contribution < -0.4 is 0 Å². The fraction of sp³-hybridized carbons (Fsp3) is 0.200. The third-order valence-corrected chi connectivity index (χ3v) is 4.50. The second kappa shape index (κ2) is 8.95. The molecule has 2 aromatic rings. The Morgan fingerprint density at radius 1 is 1.15 bits per heavy atom. The van der Waals surface area contributed by atoms with Crippen LogP contribution >= 0.6 is 34.5 Å². The van der Waals surface area contributed by atoms with E-state index < -0.39 is 0 Å². The molecule has 1 aromatic heterocycles. The maximum atomic E-state index is 8.31.